The molecule has 1 rings (SSSR count). The molecule has 3 nitrogen and oxygen atoms in total. The molecule has 1 N–H and O–H groups in total. The van der Waals surface area contributed by atoms with E-state index in [4.69, 9.17) is 23.2 Å². The minimum atomic E-state index is 0.430. The lowest BCUT2D eigenvalue weighted by Gasteiger charge is -2.05. The first-order valence-corrected chi connectivity index (χ1v) is 4.98. The van der Waals surface area contributed by atoms with Gasteiger partial charge in [0.25, 0.3) is 0 Å². The second-order valence-corrected chi connectivity index (χ2v) is 3.64. The van der Waals surface area contributed by atoms with Gasteiger partial charge < -0.3 is 5.32 Å². The van der Waals surface area contributed by atoms with Crippen LogP contribution >= 0.6 is 23.2 Å². The number of nitrogens with zero attached hydrogens (tertiary/aromatic N) is 2. The summed E-state index contributed by atoms with van der Waals surface area (Å²) in [6.07, 6.45) is 0.747. The van der Waals surface area contributed by atoms with Crippen molar-refractivity contribution in [1.29, 1.82) is 0 Å². The highest BCUT2D eigenvalue weighted by atomic mass is 35.5. The van der Waals surface area contributed by atoms with Crippen LogP contribution in [0.2, 0.25) is 5.15 Å². The van der Waals surface area contributed by atoms with E-state index in [1.54, 1.807) is 6.07 Å². The molecule has 1 heterocycles. The highest BCUT2D eigenvalue weighted by Crippen LogP contribution is 2.12. The normalized spacial score (nSPS) is 9.93. The maximum atomic E-state index is 5.80. The standard InChI is InChI=1S/C9H11Cl2N3/c1-3-8-13-7(11)4-9(14-8)12-5-6(2)10/h4H,2-3,5H2,1H3,(H,12,13,14). The number of rotatable bonds is 4. The molecule has 14 heavy (non-hydrogen) atoms. The Balaban J connectivity index is 2.76. The van der Waals surface area contributed by atoms with Gasteiger partial charge in [0.05, 0.1) is 6.54 Å². The van der Waals surface area contributed by atoms with Crippen LogP contribution in [-0.2, 0) is 6.42 Å². The lowest BCUT2D eigenvalue weighted by molar-refractivity contribution is 0.938. The monoisotopic (exact) mass is 231 g/mol. The predicted molar refractivity (Wildman–Crippen MR) is 59.9 cm³/mol. The second-order valence-electron chi connectivity index (χ2n) is 2.72. The molecule has 5 heteroatoms. The lowest BCUT2D eigenvalue weighted by Crippen LogP contribution is -2.05. The first-order valence-electron chi connectivity index (χ1n) is 4.22. The van der Waals surface area contributed by atoms with Gasteiger partial charge in [-0.15, -0.1) is 0 Å². The van der Waals surface area contributed by atoms with Gasteiger partial charge in [-0.2, -0.15) is 0 Å². The molecule has 0 spiro atoms. The molecule has 0 aliphatic heterocycles. The number of anilines is 1. The molecule has 0 fully saturated rings. The molecular formula is C9H11Cl2N3. The van der Waals surface area contributed by atoms with Crippen molar-refractivity contribution < 1.29 is 0 Å². The largest absolute Gasteiger partial charge is 0.365 e. The van der Waals surface area contributed by atoms with E-state index in [0.29, 0.717) is 28.4 Å². The number of aromatic nitrogens is 2. The third kappa shape index (κ3) is 3.52. The molecule has 0 atom stereocenters. The van der Waals surface area contributed by atoms with Gasteiger partial charge >= 0.3 is 0 Å². The summed E-state index contributed by atoms with van der Waals surface area (Å²) in [5.74, 6) is 1.38. The predicted octanol–water partition coefficient (Wildman–Crippen LogP) is 2.86. The molecule has 1 aromatic rings. The summed E-state index contributed by atoms with van der Waals surface area (Å²) in [4.78, 5) is 8.26. The van der Waals surface area contributed by atoms with Crippen LogP contribution < -0.4 is 5.32 Å². The van der Waals surface area contributed by atoms with E-state index in [0.717, 1.165) is 6.42 Å². The fourth-order valence-electron chi connectivity index (χ4n) is 0.900. The first-order chi connectivity index (χ1) is 6.61. The Bertz CT molecular complexity index is 339. The summed E-state index contributed by atoms with van der Waals surface area (Å²) in [5.41, 5.74) is 0. The molecule has 0 unspecified atom stereocenters. The van der Waals surface area contributed by atoms with Crippen LogP contribution in [0.25, 0.3) is 0 Å². The van der Waals surface area contributed by atoms with E-state index < -0.39 is 0 Å². The molecule has 0 aromatic carbocycles. The van der Waals surface area contributed by atoms with E-state index in [1.807, 2.05) is 6.92 Å². The van der Waals surface area contributed by atoms with E-state index in [1.165, 1.54) is 0 Å². The van der Waals surface area contributed by atoms with E-state index >= 15 is 0 Å². The second kappa shape index (κ2) is 5.17. The fraction of sp³-hybridized carbons (Fsp3) is 0.333. The van der Waals surface area contributed by atoms with Crippen LogP contribution in [0.1, 0.15) is 12.7 Å². The van der Waals surface area contributed by atoms with Crippen molar-refractivity contribution in [3.05, 3.63) is 28.7 Å². The van der Waals surface area contributed by atoms with Gasteiger partial charge in [0.1, 0.15) is 16.8 Å². The molecule has 0 amide bonds. The van der Waals surface area contributed by atoms with E-state index in [9.17, 15) is 0 Å². The maximum absolute atomic E-state index is 5.80. The van der Waals surface area contributed by atoms with Crippen LogP contribution in [0.5, 0.6) is 0 Å². The van der Waals surface area contributed by atoms with E-state index in [2.05, 4.69) is 21.9 Å². The average Bonchev–Trinajstić information content (AvgIpc) is 2.14. The van der Waals surface area contributed by atoms with Crippen molar-refractivity contribution in [3.63, 3.8) is 0 Å². The van der Waals surface area contributed by atoms with Gasteiger partial charge in [0, 0.05) is 17.5 Å². The average molecular weight is 232 g/mol. The molecular weight excluding hydrogens is 221 g/mol. The third-order valence-corrected chi connectivity index (χ3v) is 1.85. The minimum absolute atomic E-state index is 0.430. The quantitative estimate of drug-likeness (QED) is 0.811. The summed E-state index contributed by atoms with van der Waals surface area (Å²) in [6, 6.07) is 1.65. The van der Waals surface area contributed by atoms with Crippen LogP contribution in [-0.4, -0.2) is 16.5 Å². The number of nitrogens with one attached hydrogen (secondary N) is 1. The van der Waals surface area contributed by atoms with Crippen molar-refractivity contribution in [2.24, 2.45) is 0 Å². The Morgan fingerprint density at radius 2 is 2.29 bits per heavy atom. The highest BCUT2D eigenvalue weighted by molar-refractivity contribution is 6.30. The number of halogens is 2. The molecule has 1 aromatic heterocycles. The van der Waals surface area contributed by atoms with E-state index in [-0.39, 0.29) is 0 Å². The zero-order chi connectivity index (χ0) is 10.6. The van der Waals surface area contributed by atoms with Crippen molar-refractivity contribution in [3.8, 4) is 0 Å². The Kier molecular flexibility index (Phi) is 4.17. The Hall–Kier alpha value is -0.800. The Morgan fingerprint density at radius 3 is 2.86 bits per heavy atom. The van der Waals surface area contributed by atoms with Crippen molar-refractivity contribution in [2.45, 2.75) is 13.3 Å². The summed E-state index contributed by atoms with van der Waals surface area (Å²) in [6.45, 7) is 6.00. The van der Waals surface area contributed by atoms with Crippen molar-refractivity contribution in [1.82, 2.24) is 9.97 Å². The first kappa shape index (κ1) is 11.3. The van der Waals surface area contributed by atoms with Gasteiger partial charge in [0.15, 0.2) is 0 Å². The number of hydrogen-bond acceptors (Lipinski definition) is 3. The zero-order valence-electron chi connectivity index (χ0n) is 7.85. The SMILES string of the molecule is C=C(Cl)CNc1cc(Cl)nc(CC)n1. The van der Waals surface area contributed by atoms with Crippen LogP contribution in [0.15, 0.2) is 17.7 Å². The summed E-state index contributed by atoms with van der Waals surface area (Å²) < 4.78 is 0. The summed E-state index contributed by atoms with van der Waals surface area (Å²) in [5, 5.41) is 3.95. The van der Waals surface area contributed by atoms with Crippen molar-refractivity contribution in [2.75, 3.05) is 11.9 Å². The van der Waals surface area contributed by atoms with Crippen LogP contribution in [0.3, 0.4) is 0 Å². The third-order valence-electron chi connectivity index (χ3n) is 1.52. The van der Waals surface area contributed by atoms with Gasteiger partial charge in [-0.1, -0.05) is 36.7 Å². The molecule has 76 valence electrons. The summed E-state index contributed by atoms with van der Waals surface area (Å²) >= 11 is 11.4. The Morgan fingerprint density at radius 1 is 1.57 bits per heavy atom. The minimum Gasteiger partial charge on any atom is -0.365 e. The van der Waals surface area contributed by atoms with Crippen molar-refractivity contribution >= 4 is 29.0 Å². The smallest absolute Gasteiger partial charge is 0.134 e. The molecule has 0 saturated heterocycles. The Labute approximate surface area is 93.2 Å². The maximum Gasteiger partial charge on any atom is 0.134 e. The zero-order valence-corrected chi connectivity index (χ0v) is 9.36. The fourth-order valence-corrected chi connectivity index (χ4v) is 1.17. The molecule has 0 aliphatic carbocycles. The van der Waals surface area contributed by atoms with Gasteiger partial charge in [-0.25, -0.2) is 9.97 Å². The number of hydrogen-bond donors (Lipinski definition) is 1. The van der Waals surface area contributed by atoms with Gasteiger partial charge in [-0.05, 0) is 0 Å². The molecule has 0 aliphatic rings. The molecule has 0 saturated carbocycles. The molecule has 0 radical (unpaired) electrons. The van der Waals surface area contributed by atoms with Gasteiger partial charge in [0.2, 0.25) is 0 Å². The van der Waals surface area contributed by atoms with Crippen LogP contribution in [0, 0.1) is 0 Å². The summed E-state index contributed by atoms with van der Waals surface area (Å²) in [7, 11) is 0. The highest BCUT2D eigenvalue weighted by Gasteiger charge is 2.01. The molecule has 0 bridgehead atoms. The van der Waals surface area contributed by atoms with Crippen LogP contribution in [0.4, 0.5) is 5.82 Å². The number of aryl methyl sites for hydroxylation is 1. The topological polar surface area (TPSA) is 37.8 Å². The lowest BCUT2D eigenvalue weighted by atomic mass is 10.4. The van der Waals surface area contributed by atoms with Gasteiger partial charge in [-0.3, -0.25) is 0 Å².